The molecule has 108 valence electrons. The maximum atomic E-state index is 11.8. The van der Waals surface area contributed by atoms with Crippen LogP contribution in [0.1, 0.15) is 32.4 Å². The first-order valence-electron chi connectivity index (χ1n) is 6.63. The number of nitrogens with two attached hydrogens (primary N) is 1. The van der Waals surface area contributed by atoms with Crippen molar-refractivity contribution in [3.8, 4) is 0 Å². The van der Waals surface area contributed by atoms with Crippen LogP contribution in [-0.2, 0) is 16.1 Å². The first-order chi connectivity index (χ1) is 8.93. The number of hydrogen-bond donors (Lipinski definition) is 2. The monoisotopic (exact) mass is 267 g/mol. The highest BCUT2D eigenvalue weighted by atomic mass is 16.5. The Morgan fingerprint density at radius 1 is 1.47 bits per heavy atom. The zero-order valence-electron chi connectivity index (χ0n) is 12.2. The van der Waals surface area contributed by atoms with E-state index in [0.717, 1.165) is 5.56 Å². The molecular weight excluding hydrogens is 242 g/mol. The number of carbonyl (C=O) groups is 1. The second-order valence-corrected chi connectivity index (χ2v) is 5.31. The molecule has 0 spiro atoms. The van der Waals surface area contributed by atoms with Crippen molar-refractivity contribution in [1.82, 2.24) is 9.88 Å². The Labute approximate surface area is 115 Å². The number of methoxy groups -OCH3 is 1. The molecule has 2 atom stereocenters. The lowest BCUT2D eigenvalue weighted by Gasteiger charge is -2.14. The van der Waals surface area contributed by atoms with Crippen molar-refractivity contribution in [2.24, 2.45) is 11.7 Å². The SMILES string of the molecule is COCC(C)NC(=O)Cn1ccc(C(N)C(C)C)c1. The van der Waals surface area contributed by atoms with Gasteiger partial charge in [-0.1, -0.05) is 13.8 Å². The molecule has 0 saturated carbocycles. The molecule has 1 aromatic rings. The predicted molar refractivity (Wildman–Crippen MR) is 75.7 cm³/mol. The normalized spacial score (nSPS) is 14.4. The number of hydrogen-bond acceptors (Lipinski definition) is 3. The van der Waals surface area contributed by atoms with Crippen molar-refractivity contribution in [2.45, 2.75) is 39.4 Å². The van der Waals surface area contributed by atoms with E-state index in [9.17, 15) is 4.79 Å². The molecule has 0 aromatic carbocycles. The summed E-state index contributed by atoms with van der Waals surface area (Å²) in [6, 6.07) is 2.00. The Morgan fingerprint density at radius 3 is 2.74 bits per heavy atom. The third kappa shape index (κ3) is 5.04. The van der Waals surface area contributed by atoms with Crippen molar-refractivity contribution in [3.63, 3.8) is 0 Å². The van der Waals surface area contributed by atoms with Crippen molar-refractivity contribution in [2.75, 3.05) is 13.7 Å². The zero-order valence-corrected chi connectivity index (χ0v) is 12.2. The van der Waals surface area contributed by atoms with Gasteiger partial charge in [-0.15, -0.1) is 0 Å². The summed E-state index contributed by atoms with van der Waals surface area (Å²) in [5.41, 5.74) is 7.13. The van der Waals surface area contributed by atoms with Gasteiger partial charge in [0, 0.05) is 31.6 Å². The molecule has 0 aliphatic rings. The Morgan fingerprint density at radius 2 is 2.16 bits per heavy atom. The fourth-order valence-electron chi connectivity index (χ4n) is 1.92. The summed E-state index contributed by atoms with van der Waals surface area (Å²) in [6.45, 7) is 6.90. The highest BCUT2D eigenvalue weighted by Crippen LogP contribution is 2.18. The smallest absolute Gasteiger partial charge is 0.240 e. The van der Waals surface area contributed by atoms with Gasteiger partial charge < -0.3 is 20.4 Å². The molecule has 2 unspecified atom stereocenters. The van der Waals surface area contributed by atoms with E-state index in [4.69, 9.17) is 10.5 Å². The van der Waals surface area contributed by atoms with Crippen LogP contribution < -0.4 is 11.1 Å². The molecule has 0 radical (unpaired) electrons. The molecule has 0 aliphatic carbocycles. The summed E-state index contributed by atoms with van der Waals surface area (Å²) in [6.07, 6.45) is 3.82. The summed E-state index contributed by atoms with van der Waals surface area (Å²) in [5, 5.41) is 2.87. The van der Waals surface area contributed by atoms with Gasteiger partial charge in [0.05, 0.1) is 6.61 Å². The van der Waals surface area contributed by atoms with Crippen LogP contribution in [-0.4, -0.2) is 30.2 Å². The summed E-state index contributed by atoms with van der Waals surface area (Å²) in [7, 11) is 1.62. The average molecular weight is 267 g/mol. The van der Waals surface area contributed by atoms with Crippen molar-refractivity contribution in [1.29, 1.82) is 0 Å². The van der Waals surface area contributed by atoms with E-state index in [1.807, 2.05) is 30.0 Å². The summed E-state index contributed by atoms with van der Waals surface area (Å²) >= 11 is 0. The largest absolute Gasteiger partial charge is 0.383 e. The second-order valence-electron chi connectivity index (χ2n) is 5.31. The first-order valence-corrected chi connectivity index (χ1v) is 6.63. The van der Waals surface area contributed by atoms with Gasteiger partial charge in [-0.2, -0.15) is 0 Å². The second kappa shape index (κ2) is 7.31. The van der Waals surface area contributed by atoms with E-state index in [2.05, 4.69) is 19.2 Å². The zero-order chi connectivity index (χ0) is 14.4. The van der Waals surface area contributed by atoms with E-state index >= 15 is 0 Å². The molecule has 1 heterocycles. The van der Waals surface area contributed by atoms with Gasteiger partial charge in [-0.05, 0) is 24.5 Å². The maximum absolute atomic E-state index is 11.8. The number of carbonyl (C=O) groups excluding carboxylic acids is 1. The minimum absolute atomic E-state index is 0.0109. The predicted octanol–water partition coefficient (Wildman–Crippen LogP) is 1.29. The summed E-state index contributed by atoms with van der Waals surface area (Å²) in [5.74, 6) is 0.358. The van der Waals surface area contributed by atoms with Crippen molar-refractivity contribution in [3.05, 3.63) is 24.0 Å². The number of nitrogens with zero attached hydrogens (tertiary/aromatic N) is 1. The molecule has 0 aliphatic heterocycles. The number of ether oxygens (including phenoxy) is 1. The van der Waals surface area contributed by atoms with Gasteiger partial charge >= 0.3 is 0 Å². The quantitative estimate of drug-likeness (QED) is 0.782. The van der Waals surface area contributed by atoms with Crippen LogP contribution >= 0.6 is 0 Å². The Balaban J connectivity index is 2.51. The van der Waals surface area contributed by atoms with E-state index < -0.39 is 0 Å². The van der Waals surface area contributed by atoms with Crippen LogP contribution in [0, 0.1) is 5.92 Å². The molecular formula is C14H25N3O2. The van der Waals surface area contributed by atoms with Crippen LogP contribution in [0.4, 0.5) is 0 Å². The lowest BCUT2D eigenvalue weighted by Crippen LogP contribution is -2.37. The third-order valence-electron chi connectivity index (χ3n) is 3.03. The lowest BCUT2D eigenvalue weighted by atomic mass is 10.00. The minimum atomic E-state index is -0.0233. The molecule has 0 bridgehead atoms. The lowest BCUT2D eigenvalue weighted by molar-refractivity contribution is -0.122. The topological polar surface area (TPSA) is 69.3 Å². The standard InChI is InChI=1S/C14H25N3O2/c1-10(2)14(15)12-5-6-17(7-12)8-13(18)16-11(3)9-19-4/h5-7,10-11,14H,8-9,15H2,1-4H3,(H,16,18). The maximum Gasteiger partial charge on any atom is 0.240 e. The third-order valence-corrected chi connectivity index (χ3v) is 3.03. The average Bonchev–Trinajstić information content (AvgIpc) is 2.76. The van der Waals surface area contributed by atoms with E-state index in [-0.39, 0.29) is 18.0 Å². The fraction of sp³-hybridized carbons (Fsp3) is 0.643. The van der Waals surface area contributed by atoms with Gasteiger partial charge in [-0.3, -0.25) is 4.79 Å². The Bertz CT molecular complexity index is 401. The van der Waals surface area contributed by atoms with Gasteiger partial charge in [0.15, 0.2) is 0 Å². The molecule has 1 aromatic heterocycles. The van der Waals surface area contributed by atoms with E-state index in [1.54, 1.807) is 7.11 Å². The Kier molecular flexibility index (Phi) is 6.05. The number of nitrogens with one attached hydrogen (secondary N) is 1. The van der Waals surface area contributed by atoms with Crippen LogP contribution in [0.15, 0.2) is 18.5 Å². The van der Waals surface area contributed by atoms with E-state index in [0.29, 0.717) is 19.1 Å². The molecule has 5 heteroatoms. The van der Waals surface area contributed by atoms with Crippen LogP contribution in [0.25, 0.3) is 0 Å². The highest BCUT2D eigenvalue weighted by Gasteiger charge is 2.13. The molecule has 0 fully saturated rings. The van der Waals surface area contributed by atoms with Gasteiger partial charge in [0.25, 0.3) is 0 Å². The van der Waals surface area contributed by atoms with Crippen molar-refractivity contribution >= 4 is 5.91 Å². The fourth-order valence-corrected chi connectivity index (χ4v) is 1.92. The molecule has 1 amide bonds. The molecule has 5 nitrogen and oxygen atoms in total. The number of amides is 1. The summed E-state index contributed by atoms with van der Waals surface area (Å²) in [4.78, 5) is 11.8. The minimum Gasteiger partial charge on any atom is -0.383 e. The Hall–Kier alpha value is -1.33. The first kappa shape index (κ1) is 15.7. The van der Waals surface area contributed by atoms with Gasteiger partial charge in [0.1, 0.15) is 6.54 Å². The van der Waals surface area contributed by atoms with Gasteiger partial charge in [-0.25, -0.2) is 0 Å². The van der Waals surface area contributed by atoms with Crippen LogP contribution in [0.3, 0.4) is 0 Å². The van der Waals surface area contributed by atoms with Crippen molar-refractivity contribution < 1.29 is 9.53 Å². The molecule has 0 saturated heterocycles. The number of rotatable bonds is 7. The number of aromatic nitrogens is 1. The molecule has 19 heavy (non-hydrogen) atoms. The molecule has 3 N–H and O–H groups in total. The van der Waals surface area contributed by atoms with Gasteiger partial charge in [0.2, 0.25) is 5.91 Å². The van der Waals surface area contributed by atoms with Crippen LogP contribution in [0.2, 0.25) is 0 Å². The van der Waals surface area contributed by atoms with E-state index in [1.165, 1.54) is 0 Å². The summed E-state index contributed by atoms with van der Waals surface area (Å²) < 4.78 is 6.83. The van der Waals surface area contributed by atoms with Crippen LogP contribution in [0.5, 0.6) is 0 Å². The molecule has 1 rings (SSSR count). The highest BCUT2D eigenvalue weighted by molar-refractivity contribution is 5.76.